The summed E-state index contributed by atoms with van der Waals surface area (Å²) >= 11 is 18.7. The van der Waals surface area contributed by atoms with Crippen molar-refractivity contribution in [1.82, 2.24) is 10.2 Å². The number of hydrogen-bond donors (Lipinski definition) is 1. The number of rotatable bonds is 10. The van der Waals surface area contributed by atoms with Gasteiger partial charge in [-0.1, -0.05) is 84.4 Å². The fourth-order valence-electron chi connectivity index (χ4n) is 4.97. The molecule has 1 atom stereocenters. The Bertz CT molecular complexity index is 1530. The molecule has 1 aliphatic carbocycles. The van der Waals surface area contributed by atoms with Crippen molar-refractivity contribution in [2.45, 2.75) is 69.5 Å². The molecule has 0 bridgehead atoms. The monoisotopic (exact) mass is 649 g/mol. The first-order valence-electron chi connectivity index (χ1n) is 13.8. The van der Waals surface area contributed by atoms with Crippen LogP contribution >= 0.6 is 34.8 Å². The molecule has 2 amide bonds. The van der Waals surface area contributed by atoms with Gasteiger partial charge in [-0.25, -0.2) is 8.42 Å². The Balaban J connectivity index is 1.70. The predicted molar refractivity (Wildman–Crippen MR) is 169 cm³/mol. The van der Waals surface area contributed by atoms with Crippen molar-refractivity contribution in [3.05, 3.63) is 92.9 Å². The van der Waals surface area contributed by atoms with Crippen molar-refractivity contribution in [2.24, 2.45) is 0 Å². The Morgan fingerprint density at radius 2 is 1.60 bits per heavy atom. The quantitative estimate of drug-likeness (QED) is 0.256. The van der Waals surface area contributed by atoms with E-state index in [1.165, 1.54) is 23.1 Å². The van der Waals surface area contributed by atoms with Crippen molar-refractivity contribution in [3.63, 3.8) is 0 Å². The average molecular weight is 651 g/mol. The number of nitrogens with zero attached hydrogens (tertiary/aromatic N) is 2. The van der Waals surface area contributed by atoms with Crippen LogP contribution in [0.1, 0.15) is 50.2 Å². The van der Waals surface area contributed by atoms with E-state index in [9.17, 15) is 18.0 Å². The Morgan fingerprint density at radius 1 is 0.905 bits per heavy atom. The summed E-state index contributed by atoms with van der Waals surface area (Å²) in [6, 6.07) is 16.8. The number of halogens is 3. The molecule has 4 rings (SSSR count). The summed E-state index contributed by atoms with van der Waals surface area (Å²) in [5.74, 6) is -0.866. The third kappa shape index (κ3) is 7.78. The number of nitrogens with one attached hydrogen (secondary N) is 1. The summed E-state index contributed by atoms with van der Waals surface area (Å²) in [4.78, 5) is 28.9. The highest BCUT2D eigenvalue weighted by Crippen LogP contribution is 2.29. The molecule has 0 aliphatic heterocycles. The van der Waals surface area contributed by atoms with E-state index in [1.807, 2.05) is 0 Å². The zero-order valence-corrected chi connectivity index (χ0v) is 26.6. The number of hydrogen-bond acceptors (Lipinski definition) is 4. The van der Waals surface area contributed by atoms with Crippen LogP contribution in [0, 0.1) is 6.92 Å². The number of anilines is 1. The number of benzene rings is 3. The maximum absolute atomic E-state index is 14.1. The Hall–Kier alpha value is -2.78. The molecule has 1 aliphatic rings. The van der Waals surface area contributed by atoms with Crippen molar-refractivity contribution in [3.8, 4) is 0 Å². The number of amides is 2. The van der Waals surface area contributed by atoms with Gasteiger partial charge in [0.2, 0.25) is 11.8 Å². The van der Waals surface area contributed by atoms with Crippen LogP contribution in [0.2, 0.25) is 15.1 Å². The van der Waals surface area contributed by atoms with Crippen LogP contribution in [0.15, 0.2) is 71.6 Å². The lowest BCUT2D eigenvalue weighted by molar-refractivity contribution is -0.139. The fourth-order valence-corrected chi connectivity index (χ4v) is 6.89. The van der Waals surface area contributed by atoms with E-state index in [-0.39, 0.29) is 29.1 Å². The Labute approximate surface area is 262 Å². The molecule has 1 N–H and O–H groups in total. The molecule has 3 aromatic carbocycles. The van der Waals surface area contributed by atoms with Crippen molar-refractivity contribution >= 4 is 62.3 Å². The summed E-state index contributed by atoms with van der Waals surface area (Å²) in [6.45, 7) is 2.91. The first kappa shape index (κ1) is 32.1. The van der Waals surface area contributed by atoms with E-state index in [4.69, 9.17) is 34.8 Å². The molecule has 0 unspecified atom stereocenters. The van der Waals surface area contributed by atoms with E-state index in [1.54, 1.807) is 62.4 Å². The normalized spacial score (nSPS) is 14.7. The lowest BCUT2D eigenvalue weighted by atomic mass is 9.95. The number of aryl methyl sites for hydroxylation is 1. The second kappa shape index (κ2) is 14.1. The second-order valence-corrected chi connectivity index (χ2v) is 13.6. The Morgan fingerprint density at radius 3 is 2.24 bits per heavy atom. The van der Waals surface area contributed by atoms with Gasteiger partial charge < -0.3 is 10.2 Å². The average Bonchev–Trinajstić information content (AvgIpc) is 2.98. The van der Waals surface area contributed by atoms with Crippen LogP contribution in [-0.4, -0.2) is 43.8 Å². The van der Waals surface area contributed by atoms with E-state index in [0.717, 1.165) is 42.0 Å². The van der Waals surface area contributed by atoms with E-state index >= 15 is 0 Å². The molecule has 42 heavy (non-hydrogen) atoms. The van der Waals surface area contributed by atoms with Crippen LogP contribution in [-0.2, 0) is 26.2 Å². The molecule has 224 valence electrons. The first-order valence-corrected chi connectivity index (χ1v) is 16.4. The van der Waals surface area contributed by atoms with Crippen molar-refractivity contribution < 1.29 is 18.0 Å². The number of carbonyl (C=O) groups excluding carboxylic acids is 2. The Kier molecular flexibility index (Phi) is 10.8. The molecule has 0 saturated heterocycles. The van der Waals surface area contributed by atoms with Crippen LogP contribution in [0.5, 0.6) is 0 Å². The van der Waals surface area contributed by atoms with Crippen molar-refractivity contribution in [1.29, 1.82) is 0 Å². The van der Waals surface area contributed by atoms with Crippen LogP contribution in [0.25, 0.3) is 0 Å². The second-order valence-electron chi connectivity index (χ2n) is 10.5. The number of sulfonamides is 1. The van der Waals surface area contributed by atoms with E-state index in [2.05, 4.69) is 5.32 Å². The smallest absolute Gasteiger partial charge is 0.264 e. The zero-order chi connectivity index (χ0) is 30.4. The summed E-state index contributed by atoms with van der Waals surface area (Å²) < 4.78 is 28.8. The molecule has 7 nitrogen and oxygen atoms in total. The minimum atomic E-state index is -4.18. The SMILES string of the molecule is Cc1ccc(N(CC(=O)N(Cc2ccc(Cl)c(Cl)c2)[C@H](C)C(=O)NC2CCCCC2)S(=O)(=O)c2ccccc2)cc1Cl. The summed E-state index contributed by atoms with van der Waals surface area (Å²) in [6.07, 6.45) is 4.99. The highest BCUT2D eigenvalue weighted by atomic mass is 35.5. The zero-order valence-electron chi connectivity index (χ0n) is 23.5. The van der Waals surface area contributed by atoms with Crippen LogP contribution in [0.3, 0.4) is 0 Å². The van der Waals surface area contributed by atoms with Gasteiger partial charge in [0.1, 0.15) is 12.6 Å². The summed E-state index contributed by atoms with van der Waals surface area (Å²) in [5.41, 5.74) is 1.64. The van der Waals surface area contributed by atoms with Gasteiger partial charge in [0, 0.05) is 17.6 Å². The molecule has 1 fully saturated rings. The van der Waals surface area contributed by atoms with E-state index < -0.39 is 28.5 Å². The van der Waals surface area contributed by atoms with Crippen LogP contribution in [0.4, 0.5) is 5.69 Å². The maximum atomic E-state index is 14.1. The molecule has 0 heterocycles. The third-order valence-corrected chi connectivity index (χ3v) is 10.4. The fraction of sp³-hybridized carbons (Fsp3) is 0.355. The third-order valence-electron chi connectivity index (χ3n) is 7.51. The lowest BCUT2D eigenvalue weighted by Crippen LogP contribution is -2.53. The minimum absolute atomic E-state index is 0.0167. The minimum Gasteiger partial charge on any atom is -0.352 e. The summed E-state index contributed by atoms with van der Waals surface area (Å²) in [5, 5.41) is 4.12. The van der Waals surface area contributed by atoms with Gasteiger partial charge in [-0.3, -0.25) is 13.9 Å². The van der Waals surface area contributed by atoms with Gasteiger partial charge in [0.05, 0.1) is 20.6 Å². The molecule has 3 aromatic rings. The summed E-state index contributed by atoms with van der Waals surface area (Å²) in [7, 11) is -4.18. The van der Waals surface area contributed by atoms with E-state index in [0.29, 0.717) is 20.6 Å². The first-order chi connectivity index (χ1) is 20.0. The van der Waals surface area contributed by atoms with Gasteiger partial charge >= 0.3 is 0 Å². The highest BCUT2D eigenvalue weighted by Gasteiger charge is 2.33. The molecule has 0 aromatic heterocycles. The molecule has 0 spiro atoms. The standard InChI is InChI=1S/C31H34Cl3N3O4S/c1-21-13-15-25(18-28(21)33)37(42(40,41)26-11-7-4-8-12-26)20-30(38)36(19-23-14-16-27(32)29(34)17-23)22(2)31(39)35-24-9-5-3-6-10-24/h4,7-8,11-18,22,24H,3,5-6,9-10,19-20H2,1-2H3,(H,35,39)/t22-/m1/s1. The van der Waals surface area contributed by atoms with Crippen molar-refractivity contribution in [2.75, 3.05) is 10.8 Å². The van der Waals surface area contributed by atoms with Crippen LogP contribution < -0.4 is 9.62 Å². The highest BCUT2D eigenvalue weighted by molar-refractivity contribution is 7.92. The topological polar surface area (TPSA) is 86.8 Å². The molecule has 1 saturated carbocycles. The van der Waals surface area contributed by atoms with Gasteiger partial charge in [-0.15, -0.1) is 0 Å². The van der Waals surface area contributed by atoms with Gasteiger partial charge in [-0.05, 0) is 74.2 Å². The lowest BCUT2D eigenvalue weighted by Gasteiger charge is -2.33. The number of carbonyl (C=O) groups is 2. The largest absolute Gasteiger partial charge is 0.352 e. The molecular formula is C31H34Cl3N3O4S. The molecule has 0 radical (unpaired) electrons. The molecule has 11 heteroatoms. The molecular weight excluding hydrogens is 617 g/mol. The maximum Gasteiger partial charge on any atom is 0.264 e. The van der Waals surface area contributed by atoms with Gasteiger partial charge in [0.15, 0.2) is 0 Å². The van der Waals surface area contributed by atoms with Gasteiger partial charge in [-0.2, -0.15) is 0 Å². The van der Waals surface area contributed by atoms with Gasteiger partial charge in [0.25, 0.3) is 10.0 Å². The predicted octanol–water partition coefficient (Wildman–Crippen LogP) is 7.02.